The van der Waals surface area contributed by atoms with Crippen molar-refractivity contribution in [3.05, 3.63) is 35.4 Å². The molecule has 2 nitrogen and oxygen atoms in total. The highest BCUT2D eigenvalue weighted by molar-refractivity contribution is 8.00. The molecular formula is C12H13F2NOS. The number of thioether (sulfide) groups is 1. The number of hydrogen-bond donors (Lipinski definition) is 1. The molecule has 0 bridgehead atoms. The molecule has 17 heavy (non-hydrogen) atoms. The monoisotopic (exact) mass is 257 g/mol. The van der Waals surface area contributed by atoms with Gasteiger partial charge in [0.2, 0.25) is 0 Å². The largest absolute Gasteiger partial charge is 0.351 e. The molecule has 1 saturated heterocycles. The van der Waals surface area contributed by atoms with Crippen LogP contribution in [0, 0.1) is 11.6 Å². The van der Waals surface area contributed by atoms with Gasteiger partial charge in [-0.3, -0.25) is 4.79 Å². The van der Waals surface area contributed by atoms with E-state index in [9.17, 15) is 13.6 Å². The van der Waals surface area contributed by atoms with E-state index in [1.165, 1.54) is 12.1 Å². The zero-order valence-electron chi connectivity index (χ0n) is 9.21. The van der Waals surface area contributed by atoms with Gasteiger partial charge in [0, 0.05) is 11.8 Å². The highest BCUT2D eigenvalue weighted by atomic mass is 32.2. The van der Waals surface area contributed by atoms with Gasteiger partial charge in [0.25, 0.3) is 5.91 Å². The third kappa shape index (κ3) is 2.97. The lowest BCUT2D eigenvalue weighted by molar-refractivity contribution is 0.0948. The van der Waals surface area contributed by atoms with Gasteiger partial charge in [0.05, 0.1) is 5.56 Å². The maximum atomic E-state index is 13.3. The molecule has 92 valence electrons. The highest BCUT2D eigenvalue weighted by Crippen LogP contribution is 2.25. The van der Waals surface area contributed by atoms with Crippen LogP contribution in [0.25, 0.3) is 0 Å². The van der Waals surface area contributed by atoms with E-state index in [0.29, 0.717) is 11.8 Å². The summed E-state index contributed by atoms with van der Waals surface area (Å²) in [6.45, 7) is 0.513. The van der Waals surface area contributed by atoms with Crippen LogP contribution in [-0.2, 0) is 0 Å². The van der Waals surface area contributed by atoms with Crippen LogP contribution in [0.2, 0.25) is 0 Å². The summed E-state index contributed by atoms with van der Waals surface area (Å²) in [5, 5.41) is 3.04. The minimum Gasteiger partial charge on any atom is -0.351 e. The molecule has 1 aromatic rings. The van der Waals surface area contributed by atoms with Crippen molar-refractivity contribution in [3.63, 3.8) is 0 Å². The van der Waals surface area contributed by atoms with Crippen LogP contribution in [0.3, 0.4) is 0 Å². The normalized spacial score (nSPS) is 19.3. The molecule has 1 heterocycles. The molecule has 1 atom stereocenters. The van der Waals surface area contributed by atoms with Gasteiger partial charge in [0.1, 0.15) is 0 Å². The molecule has 0 spiro atoms. The predicted octanol–water partition coefficient (Wildman–Crippen LogP) is 2.59. The van der Waals surface area contributed by atoms with Gasteiger partial charge in [-0.1, -0.05) is 6.07 Å². The summed E-state index contributed by atoms with van der Waals surface area (Å²) in [5.74, 6) is -1.51. The molecule has 1 N–H and O–H groups in total. The first kappa shape index (κ1) is 12.4. The first-order valence-corrected chi connectivity index (χ1v) is 6.57. The Morgan fingerprint density at radius 1 is 1.47 bits per heavy atom. The van der Waals surface area contributed by atoms with E-state index in [2.05, 4.69) is 5.32 Å². The fourth-order valence-electron chi connectivity index (χ4n) is 1.79. The molecule has 1 unspecified atom stereocenters. The van der Waals surface area contributed by atoms with Crippen molar-refractivity contribution in [2.75, 3.05) is 12.3 Å². The Balaban J connectivity index is 1.97. The number of halogens is 2. The zero-order valence-corrected chi connectivity index (χ0v) is 10.0. The van der Waals surface area contributed by atoms with E-state index >= 15 is 0 Å². The number of rotatable bonds is 3. The molecule has 0 radical (unpaired) electrons. The Labute approximate surface area is 103 Å². The Morgan fingerprint density at radius 2 is 2.29 bits per heavy atom. The van der Waals surface area contributed by atoms with Gasteiger partial charge in [-0.25, -0.2) is 8.78 Å². The molecule has 0 saturated carbocycles. The van der Waals surface area contributed by atoms with E-state index in [1.807, 2.05) is 0 Å². The summed E-state index contributed by atoms with van der Waals surface area (Å²) in [5.41, 5.74) is -0.229. The van der Waals surface area contributed by atoms with E-state index in [-0.39, 0.29) is 5.56 Å². The first-order valence-electron chi connectivity index (χ1n) is 5.52. The van der Waals surface area contributed by atoms with Gasteiger partial charge in [-0.2, -0.15) is 11.8 Å². The van der Waals surface area contributed by atoms with Crippen molar-refractivity contribution in [2.45, 2.75) is 18.1 Å². The van der Waals surface area contributed by atoms with Crippen LogP contribution >= 0.6 is 11.8 Å². The number of benzene rings is 1. The van der Waals surface area contributed by atoms with Crippen molar-refractivity contribution in [1.29, 1.82) is 0 Å². The SMILES string of the molecule is O=C(NCC1CCCS1)c1cccc(F)c1F. The first-order chi connectivity index (χ1) is 8.18. The minimum atomic E-state index is -1.08. The Morgan fingerprint density at radius 3 is 3.00 bits per heavy atom. The molecule has 5 heteroatoms. The van der Waals surface area contributed by atoms with Crippen LogP contribution in [0.1, 0.15) is 23.2 Å². The van der Waals surface area contributed by atoms with Crippen molar-refractivity contribution in [1.82, 2.24) is 5.32 Å². The molecule has 2 rings (SSSR count). The number of amides is 1. The lowest BCUT2D eigenvalue weighted by atomic mass is 10.2. The van der Waals surface area contributed by atoms with Crippen LogP contribution in [0.4, 0.5) is 8.78 Å². The quantitative estimate of drug-likeness (QED) is 0.901. The van der Waals surface area contributed by atoms with Crippen molar-refractivity contribution >= 4 is 17.7 Å². The second-order valence-corrected chi connectivity index (χ2v) is 5.35. The topological polar surface area (TPSA) is 29.1 Å². The smallest absolute Gasteiger partial charge is 0.254 e. The van der Waals surface area contributed by atoms with E-state index in [1.54, 1.807) is 11.8 Å². The maximum absolute atomic E-state index is 13.3. The Kier molecular flexibility index (Phi) is 3.99. The van der Waals surface area contributed by atoms with E-state index < -0.39 is 17.5 Å². The summed E-state index contributed by atoms with van der Waals surface area (Å²) in [6, 6.07) is 3.62. The van der Waals surface area contributed by atoms with Crippen molar-refractivity contribution < 1.29 is 13.6 Å². The molecule has 1 amide bonds. The van der Waals surface area contributed by atoms with Crippen LogP contribution in [-0.4, -0.2) is 23.5 Å². The van der Waals surface area contributed by atoms with Gasteiger partial charge >= 0.3 is 0 Å². The highest BCUT2D eigenvalue weighted by Gasteiger charge is 2.19. The van der Waals surface area contributed by atoms with Gasteiger partial charge in [-0.15, -0.1) is 0 Å². The van der Waals surface area contributed by atoms with Crippen LogP contribution in [0.5, 0.6) is 0 Å². The summed E-state index contributed by atoms with van der Waals surface area (Å²) in [7, 11) is 0. The number of carbonyl (C=O) groups excluding carboxylic acids is 1. The lowest BCUT2D eigenvalue weighted by Gasteiger charge is -2.10. The molecular weight excluding hydrogens is 244 g/mol. The minimum absolute atomic E-state index is 0.229. The second kappa shape index (κ2) is 5.49. The lowest BCUT2D eigenvalue weighted by Crippen LogP contribution is -2.30. The fraction of sp³-hybridized carbons (Fsp3) is 0.417. The standard InChI is InChI=1S/C12H13F2NOS/c13-10-5-1-4-9(11(10)14)12(16)15-7-8-3-2-6-17-8/h1,4-5,8H,2-3,6-7H2,(H,15,16). The van der Waals surface area contributed by atoms with Crippen LogP contribution in [0.15, 0.2) is 18.2 Å². The maximum Gasteiger partial charge on any atom is 0.254 e. The Hall–Kier alpha value is -1.10. The average Bonchev–Trinajstić information content (AvgIpc) is 2.82. The third-order valence-electron chi connectivity index (χ3n) is 2.71. The second-order valence-electron chi connectivity index (χ2n) is 3.95. The zero-order chi connectivity index (χ0) is 12.3. The number of nitrogens with one attached hydrogen (secondary N) is 1. The van der Waals surface area contributed by atoms with Gasteiger partial charge in [0.15, 0.2) is 11.6 Å². The summed E-state index contributed by atoms with van der Waals surface area (Å²) >= 11 is 1.80. The van der Waals surface area contributed by atoms with Crippen molar-refractivity contribution in [2.24, 2.45) is 0 Å². The molecule has 0 aromatic heterocycles. The molecule has 1 aliphatic rings. The Bertz CT molecular complexity index is 419. The van der Waals surface area contributed by atoms with Crippen LogP contribution < -0.4 is 5.32 Å². The van der Waals surface area contributed by atoms with Gasteiger partial charge < -0.3 is 5.32 Å². The summed E-state index contributed by atoms with van der Waals surface area (Å²) in [6.07, 6.45) is 2.22. The molecule has 1 fully saturated rings. The van der Waals surface area contributed by atoms with Crippen molar-refractivity contribution in [3.8, 4) is 0 Å². The molecule has 1 aromatic carbocycles. The predicted molar refractivity (Wildman–Crippen MR) is 64.2 cm³/mol. The van der Waals surface area contributed by atoms with E-state index in [0.717, 1.165) is 24.7 Å². The molecule has 1 aliphatic heterocycles. The summed E-state index contributed by atoms with van der Waals surface area (Å²) < 4.78 is 26.2. The average molecular weight is 257 g/mol. The number of hydrogen-bond acceptors (Lipinski definition) is 2. The van der Waals surface area contributed by atoms with Gasteiger partial charge in [-0.05, 0) is 30.7 Å². The summed E-state index contributed by atoms with van der Waals surface area (Å²) in [4.78, 5) is 11.6. The van der Waals surface area contributed by atoms with E-state index in [4.69, 9.17) is 0 Å². The third-order valence-corrected chi connectivity index (χ3v) is 4.11. The fourth-order valence-corrected chi connectivity index (χ4v) is 2.99. The molecule has 0 aliphatic carbocycles. The number of carbonyl (C=O) groups is 1.